The standard InChI is InChI=1S/C14H19N5O2/c1-18-8-11(7-15-18)14(21)19-4-2-10(9-19)13-6-12(3-5-20)16-17-13/h6-8,10,20H,2-5,9H2,1H3,(H,16,17). The second-order valence-corrected chi connectivity index (χ2v) is 5.43. The van der Waals surface area contributed by atoms with Crippen molar-refractivity contribution in [3.63, 3.8) is 0 Å². The summed E-state index contributed by atoms with van der Waals surface area (Å²) in [6.45, 7) is 1.52. The van der Waals surface area contributed by atoms with E-state index >= 15 is 0 Å². The number of rotatable bonds is 4. The van der Waals surface area contributed by atoms with Crippen LogP contribution in [0.4, 0.5) is 0 Å². The molecule has 1 aliphatic rings. The Balaban J connectivity index is 1.65. The minimum Gasteiger partial charge on any atom is -0.396 e. The predicted octanol–water partition coefficient (Wildman–Crippen LogP) is 0.308. The van der Waals surface area contributed by atoms with Crippen LogP contribution in [0.3, 0.4) is 0 Å². The molecule has 0 bridgehead atoms. The monoisotopic (exact) mass is 289 g/mol. The molecule has 0 aromatic carbocycles. The molecule has 0 spiro atoms. The van der Waals surface area contributed by atoms with Crippen molar-refractivity contribution in [1.29, 1.82) is 0 Å². The molecule has 3 heterocycles. The van der Waals surface area contributed by atoms with Crippen molar-refractivity contribution in [2.24, 2.45) is 7.05 Å². The molecule has 0 saturated carbocycles. The molecule has 2 aromatic rings. The van der Waals surface area contributed by atoms with Crippen molar-refractivity contribution < 1.29 is 9.90 Å². The number of aliphatic hydroxyl groups is 1. The molecular weight excluding hydrogens is 270 g/mol. The van der Waals surface area contributed by atoms with E-state index in [4.69, 9.17) is 5.11 Å². The van der Waals surface area contributed by atoms with Gasteiger partial charge in [0, 0.05) is 51.0 Å². The van der Waals surface area contributed by atoms with Crippen LogP contribution in [0.25, 0.3) is 0 Å². The number of nitrogens with zero attached hydrogens (tertiary/aromatic N) is 4. The first-order chi connectivity index (χ1) is 10.2. The number of carbonyl (C=O) groups is 1. The topological polar surface area (TPSA) is 87.0 Å². The van der Waals surface area contributed by atoms with E-state index < -0.39 is 0 Å². The van der Waals surface area contributed by atoms with Crippen LogP contribution >= 0.6 is 0 Å². The molecule has 3 rings (SSSR count). The lowest BCUT2D eigenvalue weighted by atomic mass is 10.0. The van der Waals surface area contributed by atoms with Gasteiger partial charge in [-0.3, -0.25) is 14.6 Å². The Bertz CT molecular complexity index is 633. The van der Waals surface area contributed by atoms with Crippen LogP contribution in [0, 0.1) is 0 Å². The fourth-order valence-electron chi connectivity index (χ4n) is 2.74. The molecule has 7 heteroatoms. The summed E-state index contributed by atoms with van der Waals surface area (Å²) >= 11 is 0. The van der Waals surface area contributed by atoms with E-state index in [0.717, 1.165) is 24.4 Å². The summed E-state index contributed by atoms with van der Waals surface area (Å²) in [6.07, 6.45) is 4.83. The number of hydrogen-bond acceptors (Lipinski definition) is 4. The van der Waals surface area contributed by atoms with E-state index in [-0.39, 0.29) is 18.4 Å². The van der Waals surface area contributed by atoms with Crippen LogP contribution in [-0.4, -0.2) is 55.6 Å². The fourth-order valence-corrected chi connectivity index (χ4v) is 2.74. The van der Waals surface area contributed by atoms with Gasteiger partial charge in [-0.1, -0.05) is 0 Å². The number of amides is 1. The van der Waals surface area contributed by atoms with E-state index in [2.05, 4.69) is 15.3 Å². The number of aryl methyl sites for hydroxylation is 1. The largest absolute Gasteiger partial charge is 0.396 e. The van der Waals surface area contributed by atoms with Gasteiger partial charge in [-0.25, -0.2) is 0 Å². The maximum atomic E-state index is 12.4. The Hall–Kier alpha value is -2.15. The van der Waals surface area contributed by atoms with Crippen molar-refractivity contribution in [3.05, 3.63) is 35.4 Å². The van der Waals surface area contributed by atoms with Gasteiger partial charge in [0.1, 0.15) is 0 Å². The van der Waals surface area contributed by atoms with Crippen LogP contribution < -0.4 is 0 Å². The molecule has 0 radical (unpaired) electrons. The van der Waals surface area contributed by atoms with E-state index in [0.29, 0.717) is 18.5 Å². The van der Waals surface area contributed by atoms with E-state index in [1.54, 1.807) is 24.1 Å². The second-order valence-electron chi connectivity index (χ2n) is 5.43. The van der Waals surface area contributed by atoms with Crippen molar-refractivity contribution in [2.75, 3.05) is 19.7 Å². The van der Waals surface area contributed by atoms with Gasteiger partial charge in [0.25, 0.3) is 5.91 Å². The number of aliphatic hydroxyl groups excluding tert-OH is 1. The smallest absolute Gasteiger partial charge is 0.257 e. The summed E-state index contributed by atoms with van der Waals surface area (Å²) in [4.78, 5) is 14.2. The molecule has 21 heavy (non-hydrogen) atoms. The first kappa shape index (κ1) is 13.8. The zero-order chi connectivity index (χ0) is 14.8. The molecule has 2 aromatic heterocycles. The fraction of sp³-hybridized carbons (Fsp3) is 0.500. The van der Waals surface area contributed by atoms with E-state index in [1.807, 2.05) is 11.0 Å². The van der Waals surface area contributed by atoms with Gasteiger partial charge in [0.05, 0.1) is 17.5 Å². The van der Waals surface area contributed by atoms with Gasteiger partial charge >= 0.3 is 0 Å². The van der Waals surface area contributed by atoms with Crippen LogP contribution in [-0.2, 0) is 13.5 Å². The van der Waals surface area contributed by atoms with Gasteiger partial charge in [0.15, 0.2) is 0 Å². The van der Waals surface area contributed by atoms with E-state index in [9.17, 15) is 4.79 Å². The molecule has 1 atom stereocenters. The number of carbonyl (C=O) groups excluding carboxylic acids is 1. The number of aromatic nitrogens is 4. The molecule has 1 amide bonds. The normalized spacial score (nSPS) is 18.4. The van der Waals surface area contributed by atoms with Crippen molar-refractivity contribution in [1.82, 2.24) is 24.9 Å². The molecular formula is C14H19N5O2. The number of likely N-dealkylation sites (tertiary alicyclic amines) is 1. The quantitative estimate of drug-likeness (QED) is 0.848. The van der Waals surface area contributed by atoms with E-state index in [1.165, 1.54) is 0 Å². The molecule has 1 unspecified atom stereocenters. The molecule has 112 valence electrons. The Morgan fingerprint density at radius 2 is 2.43 bits per heavy atom. The minimum absolute atomic E-state index is 0.0247. The van der Waals surface area contributed by atoms with Gasteiger partial charge in [-0.05, 0) is 12.5 Å². The third-order valence-electron chi connectivity index (χ3n) is 3.88. The number of hydrogen-bond donors (Lipinski definition) is 2. The number of H-pyrrole nitrogens is 1. The average Bonchev–Trinajstić information content (AvgIpc) is 3.17. The first-order valence-electron chi connectivity index (χ1n) is 7.10. The minimum atomic E-state index is 0.0247. The highest BCUT2D eigenvalue weighted by Crippen LogP contribution is 2.27. The molecule has 1 saturated heterocycles. The summed E-state index contributed by atoms with van der Waals surface area (Å²) in [7, 11) is 1.80. The summed E-state index contributed by atoms with van der Waals surface area (Å²) < 4.78 is 1.63. The lowest BCUT2D eigenvalue weighted by Crippen LogP contribution is -2.28. The van der Waals surface area contributed by atoms with Crippen LogP contribution in [0.5, 0.6) is 0 Å². The summed E-state index contributed by atoms with van der Waals surface area (Å²) in [6, 6.07) is 1.99. The summed E-state index contributed by atoms with van der Waals surface area (Å²) in [5.74, 6) is 0.283. The third kappa shape index (κ3) is 2.82. The maximum absolute atomic E-state index is 12.4. The highest BCUT2D eigenvalue weighted by molar-refractivity contribution is 5.93. The Kier molecular flexibility index (Phi) is 3.74. The highest BCUT2D eigenvalue weighted by Gasteiger charge is 2.29. The van der Waals surface area contributed by atoms with Crippen LogP contribution in [0.1, 0.15) is 34.1 Å². The SMILES string of the molecule is Cn1cc(C(=O)N2CCC(c3cc(CCO)[nH]n3)C2)cn1. The lowest BCUT2D eigenvalue weighted by molar-refractivity contribution is 0.0790. The van der Waals surface area contributed by atoms with Crippen LogP contribution in [0.2, 0.25) is 0 Å². The van der Waals surface area contributed by atoms with Gasteiger partial charge in [0.2, 0.25) is 0 Å². The lowest BCUT2D eigenvalue weighted by Gasteiger charge is -2.14. The third-order valence-corrected chi connectivity index (χ3v) is 3.88. The predicted molar refractivity (Wildman–Crippen MR) is 75.8 cm³/mol. The molecule has 1 fully saturated rings. The van der Waals surface area contributed by atoms with Crippen molar-refractivity contribution in [3.8, 4) is 0 Å². The van der Waals surface area contributed by atoms with Gasteiger partial charge in [-0.2, -0.15) is 10.2 Å². The Labute approximate surface area is 122 Å². The summed E-state index contributed by atoms with van der Waals surface area (Å²) in [5.41, 5.74) is 2.53. The molecule has 7 nitrogen and oxygen atoms in total. The molecule has 1 aliphatic heterocycles. The highest BCUT2D eigenvalue weighted by atomic mass is 16.3. The van der Waals surface area contributed by atoms with Crippen molar-refractivity contribution in [2.45, 2.75) is 18.8 Å². The molecule has 0 aliphatic carbocycles. The Morgan fingerprint density at radius 3 is 3.14 bits per heavy atom. The second kappa shape index (κ2) is 5.69. The molecule has 2 N–H and O–H groups in total. The zero-order valence-corrected chi connectivity index (χ0v) is 12.0. The number of aromatic amines is 1. The zero-order valence-electron chi connectivity index (χ0n) is 12.0. The summed E-state index contributed by atoms with van der Waals surface area (Å²) in [5, 5.41) is 20.2. The maximum Gasteiger partial charge on any atom is 0.257 e. The average molecular weight is 289 g/mol. The van der Waals surface area contributed by atoms with Gasteiger partial charge in [-0.15, -0.1) is 0 Å². The van der Waals surface area contributed by atoms with Crippen molar-refractivity contribution >= 4 is 5.91 Å². The Morgan fingerprint density at radius 1 is 1.57 bits per heavy atom. The first-order valence-corrected chi connectivity index (χ1v) is 7.10. The number of nitrogens with one attached hydrogen (secondary N) is 1. The van der Waals surface area contributed by atoms with Crippen LogP contribution in [0.15, 0.2) is 18.5 Å². The van der Waals surface area contributed by atoms with Gasteiger partial charge < -0.3 is 10.0 Å².